The molecule has 1 saturated heterocycles. The lowest BCUT2D eigenvalue weighted by atomic mass is 10.4. The summed E-state index contributed by atoms with van der Waals surface area (Å²) in [4.78, 5) is 6.29. The van der Waals surface area contributed by atoms with Crippen molar-refractivity contribution in [1.82, 2.24) is 14.8 Å². The minimum atomic E-state index is -3.74. The van der Waals surface area contributed by atoms with Gasteiger partial charge in [-0.05, 0) is 12.1 Å². The third-order valence-corrected chi connectivity index (χ3v) is 3.77. The molecule has 0 amide bonds. The molecule has 0 unspecified atom stereocenters. The molecule has 8 nitrogen and oxygen atoms in total. The van der Waals surface area contributed by atoms with E-state index in [1.54, 1.807) is 17.1 Å². The van der Waals surface area contributed by atoms with E-state index in [0.29, 0.717) is 26.3 Å². The highest BCUT2D eigenvalue weighted by molar-refractivity contribution is 7.89. The molecule has 0 spiro atoms. The molecular weight excluding hydrogens is 258 g/mol. The van der Waals surface area contributed by atoms with E-state index in [9.17, 15) is 8.42 Å². The zero-order valence-corrected chi connectivity index (χ0v) is 10.5. The van der Waals surface area contributed by atoms with Gasteiger partial charge in [0.2, 0.25) is 0 Å². The molecule has 0 aromatic carbocycles. The van der Waals surface area contributed by atoms with Gasteiger partial charge in [-0.25, -0.2) is 18.4 Å². The van der Waals surface area contributed by atoms with Crippen LogP contribution in [0.2, 0.25) is 0 Å². The van der Waals surface area contributed by atoms with Crippen molar-refractivity contribution in [1.29, 1.82) is 0 Å². The minimum absolute atomic E-state index is 0.126. The third-order valence-electron chi connectivity index (χ3n) is 2.44. The Morgan fingerprint density at radius 2 is 2.11 bits per heavy atom. The van der Waals surface area contributed by atoms with E-state index in [0.717, 1.165) is 0 Å². The van der Waals surface area contributed by atoms with Crippen LogP contribution in [0.25, 0.3) is 0 Å². The molecule has 2 rings (SSSR count). The summed E-state index contributed by atoms with van der Waals surface area (Å²) in [6.45, 7) is 1.98. The van der Waals surface area contributed by atoms with E-state index >= 15 is 0 Å². The number of hydrogen-bond acceptors (Lipinski definition) is 7. The minimum Gasteiger partial charge on any atom is -0.379 e. The number of nitrogens with two attached hydrogens (primary N) is 1. The molecule has 2 heterocycles. The number of ether oxygens (including phenoxy) is 1. The molecule has 1 fully saturated rings. The average Bonchev–Trinajstić information content (AvgIpc) is 2.39. The van der Waals surface area contributed by atoms with Crippen LogP contribution in [0, 0.1) is 0 Å². The van der Waals surface area contributed by atoms with Gasteiger partial charge in [0.25, 0.3) is 10.0 Å². The summed E-state index contributed by atoms with van der Waals surface area (Å²) in [6.07, 6.45) is 1.40. The van der Waals surface area contributed by atoms with Crippen LogP contribution >= 0.6 is 0 Å². The van der Waals surface area contributed by atoms with Crippen LogP contribution in [0.1, 0.15) is 0 Å². The highest BCUT2D eigenvalue weighted by atomic mass is 32.2. The van der Waals surface area contributed by atoms with Gasteiger partial charge in [0, 0.05) is 19.3 Å². The molecule has 4 N–H and O–H groups in total. The first kappa shape index (κ1) is 13.2. The Labute approximate surface area is 105 Å². The molecule has 1 aliphatic rings. The molecule has 100 valence electrons. The summed E-state index contributed by atoms with van der Waals surface area (Å²) in [5, 5.41) is 1.45. The Bertz CT molecular complexity index is 501. The fraction of sp³-hybridized carbons (Fsp3) is 0.444. The summed E-state index contributed by atoms with van der Waals surface area (Å²) < 4.78 is 29.4. The predicted octanol–water partition coefficient (Wildman–Crippen LogP) is -1.11. The number of sulfonamides is 1. The van der Waals surface area contributed by atoms with E-state index in [2.05, 4.69) is 15.2 Å². The number of nitrogens with zero attached hydrogens (tertiary/aromatic N) is 2. The van der Waals surface area contributed by atoms with Crippen molar-refractivity contribution in [3.63, 3.8) is 0 Å². The Balaban J connectivity index is 2.19. The van der Waals surface area contributed by atoms with Gasteiger partial charge in [-0.2, -0.15) is 0 Å². The highest BCUT2D eigenvalue weighted by Crippen LogP contribution is 2.16. The normalized spacial score (nSPS) is 17.6. The smallest absolute Gasteiger partial charge is 0.273 e. The van der Waals surface area contributed by atoms with Gasteiger partial charge < -0.3 is 10.2 Å². The molecule has 1 aliphatic heterocycles. The van der Waals surface area contributed by atoms with Crippen LogP contribution in [-0.4, -0.2) is 44.7 Å². The SMILES string of the molecule is NNc1cccnc1S(=O)(=O)NN1CCOCC1. The molecule has 1 aromatic heterocycles. The molecule has 0 atom stereocenters. The average molecular weight is 273 g/mol. The number of nitrogen functional groups attached to an aromatic ring is 1. The third kappa shape index (κ3) is 2.94. The predicted molar refractivity (Wildman–Crippen MR) is 64.8 cm³/mol. The Morgan fingerprint density at radius 3 is 2.78 bits per heavy atom. The van der Waals surface area contributed by atoms with Crippen molar-refractivity contribution >= 4 is 15.7 Å². The van der Waals surface area contributed by atoms with Crippen molar-refractivity contribution in [3.05, 3.63) is 18.3 Å². The van der Waals surface area contributed by atoms with Crippen LogP contribution in [0.4, 0.5) is 5.69 Å². The lowest BCUT2D eigenvalue weighted by Crippen LogP contribution is -2.48. The van der Waals surface area contributed by atoms with Crippen molar-refractivity contribution in [3.8, 4) is 0 Å². The van der Waals surface area contributed by atoms with Crippen LogP contribution in [-0.2, 0) is 14.8 Å². The van der Waals surface area contributed by atoms with Gasteiger partial charge >= 0.3 is 0 Å². The van der Waals surface area contributed by atoms with Crippen molar-refractivity contribution in [2.24, 2.45) is 5.84 Å². The summed E-state index contributed by atoms with van der Waals surface area (Å²) >= 11 is 0. The Morgan fingerprint density at radius 1 is 1.39 bits per heavy atom. The summed E-state index contributed by atoms with van der Waals surface area (Å²) in [5.74, 6) is 5.26. The summed E-state index contributed by atoms with van der Waals surface area (Å²) in [7, 11) is -3.74. The van der Waals surface area contributed by atoms with E-state index in [4.69, 9.17) is 10.6 Å². The standard InChI is InChI=1S/C9H15N5O3S/c10-12-8-2-1-3-11-9(8)18(15,16)13-14-4-6-17-7-5-14/h1-3,12-13H,4-7,10H2. The van der Waals surface area contributed by atoms with E-state index in [-0.39, 0.29) is 10.7 Å². The van der Waals surface area contributed by atoms with Crippen molar-refractivity contribution in [2.45, 2.75) is 5.03 Å². The summed E-state index contributed by atoms with van der Waals surface area (Å²) in [5.41, 5.74) is 2.56. The maximum Gasteiger partial charge on any atom is 0.273 e. The first-order valence-electron chi connectivity index (χ1n) is 5.40. The number of hydrazine groups is 2. The molecule has 0 bridgehead atoms. The molecule has 9 heteroatoms. The van der Waals surface area contributed by atoms with E-state index < -0.39 is 10.0 Å². The van der Waals surface area contributed by atoms with Gasteiger partial charge in [-0.15, -0.1) is 4.83 Å². The van der Waals surface area contributed by atoms with Gasteiger partial charge in [0.15, 0.2) is 5.03 Å². The van der Waals surface area contributed by atoms with Crippen LogP contribution in [0.3, 0.4) is 0 Å². The quantitative estimate of drug-likeness (QED) is 0.471. The van der Waals surface area contributed by atoms with Gasteiger partial charge in [-0.3, -0.25) is 5.84 Å². The molecular formula is C9H15N5O3S. The van der Waals surface area contributed by atoms with Gasteiger partial charge in [0.05, 0.1) is 18.9 Å². The molecule has 0 aliphatic carbocycles. The monoisotopic (exact) mass is 273 g/mol. The summed E-state index contributed by atoms with van der Waals surface area (Å²) in [6, 6.07) is 3.14. The van der Waals surface area contributed by atoms with Crippen LogP contribution < -0.4 is 16.1 Å². The van der Waals surface area contributed by atoms with Gasteiger partial charge in [0.1, 0.15) is 0 Å². The second kappa shape index (κ2) is 5.59. The fourth-order valence-electron chi connectivity index (χ4n) is 1.58. The Hall–Kier alpha value is -1.26. The van der Waals surface area contributed by atoms with Crippen molar-refractivity contribution < 1.29 is 13.2 Å². The fourth-order valence-corrected chi connectivity index (χ4v) is 2.81. The lowest BCUT2D eigenvalue weighted by Gasteiger charge is -2.26. The number of pyridine rings is 1. The van der Waals surface area contributed by atoms with E-state index in [1.807, 2.05) is 0 Å². The first-order chi connectivity index (χ1) is 8.63. The molecule has 18 heavy (non-hydrogen) atoms. The second-order valence-electron chi connectivity index (χ2n) is 3.69. The zero-order chi connectivity index (χ0) is 13.0. The van der Waals surface area contributed by atoms with Crippen LogP contribution in [0.5, 0.6) is 0 Å². The zero-order valence-electron chi connectivity index (χ0n) is 9.67. The molecule has 0 radical (unpaired) electrons. The van der Waals surface area contributed by atoms with Gasteiger partial charge in [-0.1, -0.05) is 0 Å². The number of nitrogens with one attached hydrogen (secondary N) is 2. The number of hydrogen-bond donors (Lipinski definition) is 3. The second-order valence-corrected chi connectivity index (χ2v) is 5.27. The molecule has 0 saturated carbocycles. The number of anilines is 1. The number of aromatic nitrogens is 1. The number of morpholine rings is 1. The maximum atomic E-state index is 12.1. The number of rotatable bonds is 4. The van der Waals surface area contributed by atoms with Crippen molar-refractivity contribution in [2.75, 3.05) is 31.7 Å². The first-order valence-corrected chi connectivity index (χ1v) is 6.88. The topological polar surface area (TPSA) is 110 Å². The highest BCUT2D eigenvalue weighted by Gasteiger charge is 2.23. The maximum absolute atomic E-state index is 12.1. The van der Waals surface area contributed by atoms with Crippen LogP contribution in [0.15, 0.2) is 23.4 Å². The Kier molecular flexibility index (Phi) is 4.09. The largest absolute Gasteiger partial charge is 0.379 e. The van der Waals surface area contributed by atoms with E-state index in [1.165, 1.54) is 6.20 Å². The lowest BCUT2D eigenvalue weighted by molar-refractivity contribution is 0.0272. The molecule has 1 aromatic rings.